The van der Waals surface area contributed by atoms with Gasteiger partial charge in [0.25, 0.3) is 0 Å². The summed E-state index contributed by atoms with van der Waals surface area (Å²) in [5.74, 6) is 0. The molecule has 0 aliphatic carbocycles. The zero-order valence-electron chi connectivity index (χ0n) is 11.3. The Morgan fingerprint density at radius 2 is 2.11 bits per heavy atom. The van der Waals surface area contributed by atoms with Crippen LogP contribution in [-0.2, 0) is 16.6 Å². The molecule has 6 heteroatoms. The lowest BCUT2D eigenvalue weighted by atomic mass is 10.3. The van der Waals surface area contributed by atoms with Crippen molar-refractivity contribution in [3.8, 4) is 0 Å². The van der Waals surface area contributed by atoms with E-state index in [-0.39, 0.29) is 0 Å². The largest absolute Gasteiger partial charge is 0.318 e. The number of sulfonamides is 1. The van der Waals surface area contributed by atoms with E-state index in [4.69, 9.17) is 0 Å². The lowest BCUT2D eigenvalue weighted by Crippen LogP contribution is -2.39. The summed E-state index contributed by atoms with van der Waals surface area (Å²) in [6, 6.07) is 5.61. The van der Waals surface area contributed by atoms with Crippen LogP contribution in [0.4, 0.5) is 0 Å². The maximum atomic E-state index is 12.2. The molecule has 5 nitrogen and oxygen atoms in total. The molecule has 0 amide bonds. The molecule has 1 atom stereocenters. The minimum absolute atomic E-state index is 0.304. The van der Waals surface area contributed by atoms with Gasteiger partial charge in [-0.15, -0.1) is 0 Å². The van der Waals surface area contributed by atoms with Crippen molar-refractivity contribution >= 4 is 10.0 Å². The number of hydrogen-bond acceptors (Lipinski definition) is 4. The van der Waals surface area contributed by atoms with E-state index >= 15 is 0 Å². The third kappa shape index (κ3) is 3.76. The summed E-state index contributed by atoms with van der Waals surface area (Å²) in [7, 11) is 0.0516. The van der Waals surface area contributed by atoms with E-state index in [2.05, 4.69) is 10.3 Å². The smallest absolute Gasteiger partial charge is 0.218 e. The fraction of sp³-hybridized carbons (Fsp3) is 0.583. The highest BCUT2D eigenvalue weighted by Crippen LogP contribution is 2.10. The Hall–Kier alpha value is -0.980. The van der Waals surface area contributed by atoms with Gasteiger partial charge in [-0.2, -0.15) is 4.31 Å². The van der Waals surface area contributed by atoms with E-state index in [0.29, 0.717) is 13.1 Å². The van der Waals surface area contributed by atoms with Crippen LogP contribution in [0, 0.1) is 6.92 Å². The maximum Gasteiger partial charge on any atom is 0.218 e. The van der Waals surface area contributed by atoms with Crippen LogP contribution >= 0.6 is 0 Å². The molecular weight excluding hydrogens is 250 g/mol. The molecule has 1 aromatic heterocycles. The van der Waals surface area contributed by atoms with E-state index < -0.39 is 15.3 Å². The molecule has 102 valence electrons. The summed E-state index contributed by atoms with van der Waals surface area (Å²) in [6.45, 7) is 4.33. The van der Waals surface area contributed by atoms with Gasteiger partial charge in [0.05, 0.1) is 17.5 Å². The van der Waals surface area contributed by atoms with Crippen LogP contribution in [0.15, 0.2) is 18.2 Å². The van der Waals surface area contributed by atoms with Gasteiger partial charge in [-0.3, -0.25) is 4.98 Å². The van der Waals surface area contributed by atoms with Gasteiger partial charge in [0.2, 0.25) is 10.0 Å². The first-order valence-corrected chi connectivity index (χ1v) is 7.40. The first kappa shape index (κ1) is 15.1. The van der Waals surface area contributed by atoms with Gasteiger partial charge >= 0.3 is 0 Å². The Balaban J connectivity index is 2.79. The lowest BCUT2D eigenvalue weighted by Gasteiger charge is -2.21. The summed E-state index contributed by atoms with van der Waals surface area (Å²) < 4.78 is 25.7. The van der Waals surface area contributed by atoms with Gasteiger partial charge in [-0.25, -0.2) is 8.42 Å². The summed E-state index contributed by atoms with van der Waals surface area (Å²) in [5, 5.41) is 2.43. The highest BCUT2D eigenvalue weighted by molar-refractivity contribution is 7.89. The average molecular weight is 271 g/mol. The monoisotopic (exact) mass is 271 g/mol. The average Bonchev–Trinajstić information content (AvgIpc) is 2.29. The van der Waals surface area contributed by atoms with Crippen molar-refractivity contribution in [2.75, 3.05) is 20.6 Å². The molecule has 1 aromatic rings. The normalized spacial score (nSPS) is 13.8. The molecule has 0 saturated carbocycles. The zero-order chi connectivity index (χ0) is 13.8. The summed E-state index contributed by atoms with van der Waals surface area (Å²) in [5.41, 5.74) is 1.65. The van der Waals surface area contributed by atoms with Gasteiger partial charge in [0.1, 0.15) is 0 Å². The van der Waals surface area contributed by atoms with Crippen LogP contribution in [0.1, 0.15) is 18.3 Å². The molecule has 0 aliphatic heterocycles. The number of nitrogens with zero attached hydrogens (tertiary/aromatic N) is 2. The third-order valence-corrected chi connectivity index (χ3v) is 4.95. The summed E-state index contributed by atoms with van der Waals surface area (Å²) in [4.78, 5) is 4.31. The Bertz CT molecular complexity index is 488. The Kier molecular flexibility index (Phi) is 5.25. The highest BCUT2D eigenvalue weighted by atomic mass is 32.2. The molecule has 0 bridgehead atoms. The first-order chi connectivity index (χ1) is 8.37. The second-order valence-corrected chi connectivity index (χ2v) is 6.90. The number of aromatic nitrogens is 1. The highest BCUT2D eigenvalue weighted by Gasteiger charge is 2.25. The second-order valence-electron chi connectivity index (χ2n) is 4.44. The predicted octanol–water partition coefficient (Wildman–Crippen LogP) is 0.760. The molecule has 18 heavy (non-hydrogen) atoms. The predicted molar refractivity (Wildman–Crippen MR) is 72.7 cm³/mol. The molecule has 1 rings (SSSR count). The Morgan fingerprint density at radius 3 is 2.67 bits per heavy atom. The Labute approximate surface area is 109 Å². The minimum Gasteiger partial charge on any atom is -0.318 e. The quantitative estimate of drug-likeness (QED) is 0.830. The number of aryl methyl sites for hydroxylation is 1. The SMILES string of the molecule is CNCC(C)S(=O)(=O)N(C)Cc1cccc(C)n1. The van der Waals surface area contributed by atoms with Crippen molar-refractivity contribution in [2.24, 2.45) is 0 Å². The minimum atomic E-state index is -3.28. The van der Waals surface area contributed by atoms with Gasteiger partial charge in [-0.1, -0.05) is 6.07 Å². The van der Waals surface area contributed by atoms with Crippen molar-refractivity contribution in [2.45, 2.75) is 25.6 Å². The first-order valence-electron chi connectivity index (χ1n) is 5.90. The molecule has 1 heterocycles. The molecule has 0 spiro atoms. The number of pyridine rings is 1. The van der Waals surface area contributed by atoms with Crippen molar-refractivity contribution in [3.05, 3.63) is 29.6 Å². The van der Waals surface area contributed by atoms with Crippen molar-refractivity contribution in [3.63, 3.8) is 0 Å². The van der Waals surface area contributed by atoms with Gasteiger partial charge < -0.3 is 5.32 Å². The van der Waals surface area contributed by atoms with Crippen LogP contribution in [0.5, 0.6) is 0 Å². The van der Waals surface area contributed by atoms with Crippen molar-refractivity contribution < 1.29 is 8.42 Å². The summed E-state index contributed by atoms with van der Waals surface area (Å²) >= 11 is 0. The third-order valence-electron chi connectivity index (χ3n) is 2.77. The van der Waals surface area contributed by atoms with Crippen LogP contribution in [0.3, 0.4) is 0 Å². The van der Waals surface area contributed by atoms with E-state index in [9.17, 15) is 8.42 Å². The van der Waals surface area contributed by atoms with Crippen molar-refractivity contribution in [1.82, 2.24) is 14.6 Å². The van der Waals surface area contributed by atoms with E-state index in [1.807, 2.05) is 25.1 Å². The van der Waals surface area contributed by atoms with Gasteiger partial charge in [0, 0.05) is 19.3 Å². The fourth-order valence-electron chi connectivity index (χ4n) is 1.71. The molecule has 0 saturated heterocycles. The molecule has 1 N–H and O–H groups in total. The van der Waals surface area contributed by atoms with Crippen LogP contribution < -0.4 is 5.32 Å². The zero-order valence-corrected chi connectivity index (χ0v) is 12.2. The van der Waals surface area contributed by atoms with Crippen LogP contribution in [-0.4, -0.2) is 43.6 Å². The molecule has 0 fully saturated rings. The topological polar surface area (TPSA) is 62.3 Å². The molecule has 0 radical (unpaired) electrons. The molecule has 0 aromatic carbocycles. The Morgan fingerprint density at radius 1 is 1.44 bits per heavy atom. The van der Waals surface area contributed by atoms with Crippen LogP contribution in [0.25, 0.3) is 0 Å². The van der Waals surface area contributed by atoms with Gasteiger partial charge in [-0.05, 0) is 33.0 Å². The van der Waals surface area contributed by atoms with Crippen molar-refractivity contribution in [1.29, 1.82) is 0 Å². The number of hydrogen-bond donors (Lipinski definition) is 1. The fourth-order valence-corrected chi connectivity index (χ4v) is 3.01. The number of nitrogens with one attached hydrogen (secondary N) is 1. The van der Waals surface area contributed by atoms with Gasteiger partial charge in [0.15, 0.2) is 0 Å². The number of rotatable bonds is 6. The second kappa shape index (κ2) is 6.26. The standard InChI is InChI=1S/C12H21N3O2S/c1-10-6-5-7-12(14-10)9-15(4)18(16,17)11(2)8-13-3/h5-7,11,13H,8-9H2,1-4H3. The van der Waals surface area contributed by atoms with E-state index in [0.717, 1.165) is 11.4 Å². The summed E-state index contributed by atoms with van der Waals surface area (Å²) in [6.07, 6.45) is 0. The molecule has 0 aliphatic rings. The molecular formula is C12H21N3O2S. The lowest BCUT2D eigenvalue weighted by molar-refractivity contribution is 0.451. The van der Waals surface area contributed by atoms with E-state index in [1.54, 1.807) is 21.0 Å². The molecule has 1 unspecified atom stereocenters. The van der Waals surface area contributed by atoms with E-state index in [1.165, 1.54) is 4.31 Å². The van der Waals surface area contributed by atoms with Crippen LogP contribution in [0.2, 0.25) is 0 Å². The maximum absolute atomic E-state index is 12.2.